The number of carboxylic acid groups (broad SMARTS) is 1. The van der Waals surface area contributed by atoms with Gasteiger partial charge in [0.25, 0.3) is 0 Å². The molecular weight excluding hydrogens is 354 g/mol. The molecule has 1 aromatic rings. The quantitative estimate of drug-likeness (QED) is 0.786. The standard InChI is InChI=1S/C22H33N3O3/c1-21(2,19(26)27)8-12-23-20(28)25-15-11-22(17-25)9-13-24(14-10-22)16-18-6-4-3-5-7-18/h3-7H,8-17H2,1-2H3,(H,23,28)(H,26,27). The summed E-state index contributed by atoms with van der Waals surface area (Å²) in [5, 5.41) is 12.1. The van der Waals surface area contributed by atoms with Gasteiger partial charge in [-0.1, -0.05) is 30.3 Å². The first-order chi connectivity index (χ1) is 13.3. The van der Waals surface area contributed by atoms with Crippen LogP contribution in [-0.2, 0) is 11.3 Å². The number of likely N-dealkylation sites (tertiary alicyclic amines) is 2. The van der Waals surface area contributed by atoms with Gasteiger partial charge in [0.05, 0.1) is 5.41 Å². The van der Waals surface area contributed by atoms with E-state index in [1.807, 2.05) is 4.90 Å². The fourth-order valence-electron chi connectivity index (χ4n) is 4.24. The number of nitrogens with one attached hydrogen (secondary N) is 1. The maximum Gasteiger partial charge on any atom is 0.317 e. The summed E-state index contributed by atoms with van der Waals surface area (Å²) in [5.41, 5.74) is 0.797. The van der Waals surface area contributed by atoms with Crippen LogP contribution in [-0.4, -0.2) is 59.6 Å². The first-order valence-corrected chi connectivity index (χ1v) is 10.3. The predicted molar refractivity (Wildman–Crippen MR) is 109 cm³/mol. The van der Waals surface area contributed by atoms with Crippen molar-refractivity contribution >= 4 is 12.0 Å². The molecule has 0 unspecified atom stereocenters. The van der Waals surface area contributed by atoms with Crippen LogP contribution in [0.3, 0.4) is 0 Å². The number of hydrogen-bond acceptors (Lipinski definition) is 3. The van der Waals surface area contributed by atoms with Gasteiger partial charge in [-0.3, -0.25) is 9.69 Å². The van der Waals surface area contributed by atoms with Crippen LogP contribution < -0.4 is 5.32 Å². The number of piperidine rings is 1. The molecule has 1 spiro atoms. The second kappa shape index (κ2) is 8.52. The largest absolute Gasteiger partial charge is 0.481 e. The van der Waals surface area contributed by atoms with E-state index in [2.05, 4.69) is 40.5 Å². The number of aliphatic carboxylic acids is 1. The Morgan fingerprint density at radius 3 is 2.39 bits per heavy atom. The molecule has 1 aromatic carbocycles. The predicted octanol–water partition coefficient (Wildman–Crippen LogP) is 3.19. The summed E-state index contributed by atoms with van der Waals surface area (Å²) in [6, 6.07) is 10.5. The van der Waals surface area contributed by atoms with E-state index < -0.39 is 11.4 Å². The lowest BCUT2D eigenvalue weighted by molar-refractivity contribution is -0.147. The second-order valence-electron chi connectivity index (χ2n) is 9.10. The first kappa shape index (κ1) is 20.6. The summed E-state index contributed by atoms with van der Waals surface area (Å²) in [7, 11) is 0. The second-order valence-corrected chi connectivity index (χ2v) is 9.10. The number of urea groups is 1. The molecule has 6 nitrogen and oxygen atoms in total. The third kappa shape index (κ3) is 5.04. The van der Waals surface area contributed by atoms with E-state index in [1.54, 1.807) is 13.8 Å². The number of carbonyl (C=O) groups excluding carboxylic acids is 1. The molecule has 0 aliphatic carbocycles. The minimum atomic E-state index is -0.830. The van der Waals surface area contributed by atoms with Gasteiger partial charge >= 0.3 is 12.0 Å². The molecule has 2 aliphatic heterocycles. The third-order valence-corrected chi connectivity index (χ3v) is 6.50. The van der Waals surface area contributed by atoms with Crippen molar-refractivity contribution in [1.29, 1.82) is 0 Å². The summed E-state index contributed by atoms with van der Waals surface area (Å²) in [6.07, 6.45) is 3.77. The van der Waals surface area contributed by atoms with Crippen molar-refractivity contribution in [2.75, 3.05) is 32.7 Å². The number of benzene rings is 1. The summed E-state index contributed by atoms with van der Waals surface area (Å²) >= 11 is 0. The molecule has 154 valence electrons. The SMILES string of the molecule is CC(C)(CCNC(=O)N1CCC2(CCN(Cc3ccccc3)CC2)C1)C(=O)O. The Morgan fingerprint density at radius 2 is 1.75 bits per heavy atom. The zero-order chi connectivity index (χ0) is 20.2. The average Bonchev–Trinajstić information content (AvgIpc) is 3.08. The van der Waals surface area contributed by atoms with Gasteiger partial charge in [0.2, 0.25) is 0 Å². The van der Waals surface area contributed by atoms with Crippen molar-refractivity contribution in [2.24, 2.45) is 10.8 Å². The van der Waals surface area contributed by atoms with Crippen LogP contribution in [0.4, 0.5) is 4.79 Å². The Labute approximate surface area is 167 Å². The van der Waals surface area contributed by atoms with Crippen LogP contribution in [0.25, 0.3) is 0 Å². The highest BCUT2D eigenvalue weighted by molar-refractivity contribution is 5.75. The molecule has 3 rings (SSSR count). The van der Waals surface area contributed by atoms with Crippen molar-refractivity contribution in [3.05, 3.63) is 35.9 Å². The van der Waals surface area contributed by atoms with Crippen LogP contribution in [0, 0.1) is 10.8 Å². The lowest BCUT2D eigenvalue weighted by atomic mass is 9.77. The molecule has 2 aliphatic rings. The van der Waals surface area contributed by atoms with Gasteiger partial charge in [-0.25, -0.2) is 4.79 Å². The number of hydrogen-bond donors (Lipinski definition) is 2. The van der Waals surface area contributed by atoms with Crippen molar-refractivity contribution < 1.29 is 14.7 Å². The Morgan fingerprint density at radius 1 is 1.11 bits per heavy atom. The molecule has 28 heavy (non-hydrogen) atoms. The van der Waals surface area contributed by atoms with E-state index in [4.69, 9.17) is 0 Å². The van der Waals surface area contributed by atoms with E-state index in [-0.39, 0.29) is 11.4 Å². The van der Waals surface area contributed by atoms with E-state index in [1.165, 1.54) is 5.56 Å². The molecule has 0 aromatic heterocycles. The Kier molecular flexibility index (Phi) is 6.28. The molecule has 0 bridgehead atoms. The van der Waals surface area contributed by atoms with Gasteiger partial charge in [-0.2, -0.15) is 0 Å². The van der Waals surface area contributed by atoms with Gasteiger partial charge in [0, 0.05) is 26.2 Å². The molecule has 2 amide bonds. The van der Waals surface area contributed by atoms with Crippen LogP contribution >= 0.6 is 0 Å². The van der Waals surface area contributed by atoms with Crippen LogP contribution in [0.1, 0.15) is 45.1 Å². The number of carboxylic acids is 1. The van der Waals surface area contributed by atoms with Gasteiger partial charge in [-0.15, -0.1) is 0 Å². The van der Waals surface area contributed by atoms with Crippen LogP contribution in [0.15, 0.2) is 30.3 Å². The molecule has 0 radical (unpaired) electrons. The van der Waals surface area contributed by atoms with E-state index in [0.29, 0.717) is 13.0 Å². The number of nitrogens with zero attached hydrogens (tertiary/aromatic N) is 2. The smallest absolute Gasteiger partial charge is 0.317 e. The fraction of sp³-hybridized carbons (Fsp3) is 0.636. The van der Waals surface area contributed by atoms with E-state index >= 15 is 0 Å². The minimum absolute atomic E-state index is 0.0511. The van der Waals surface area contributed by atoms with Crippen molar-refractivity contribution in [1.82, 2.24) is 15.1 Å². The monoisotopic (exact) mass is 387 g/mol. The highest BCUT2D eigenvalue weighted by Gasteiger charge is 2.42. The molecule has 6 heteroatoms. The van der Waals surface area contributed by atoms with Crippen LogP contribution in [0.2, 0.25) is 0 Å². The Hall–Kier alpha value is -2.08. The number of carbonyl (C=O) groups is 2. The normalized spacial score (nSPS) is 19.7. The van der Waals surface area contributed by atoms with Crippen LogP contribution in [0.5, 0.6) is 0 Å². The highest BCUT2D eigenvalue weighted by atomic mass is 16.4. The van der Waals surface area contributed by atoms with Gasteiger partial charge < -0.3 is 15.3 Å². The topological polar surface area (TPSA) is 72.9 Å². The molecule has 2 fully saturated rings. The van der Waals surface area contributed by atoms with E-state index in [0.717, 1.165) is 52.0 Å². The maximum absolute atomic E-state index is 12.5. The first-order valence-electron chi connectivity index (χ1n) is 10.3. The Balaban J connectivity index is 1.42. The molecular formula is C22H33N3O3. The third-order valence-electron chi connectivity index (χ3n) is 6.50. The molecule has 2 saturated heterocycles. The number of rotatable bonds is 6. The summed E-state index contributed by atoms with van der Waals surface area (Å²) < 4.78 is 0. The van der Waals surface area contributed by atoms with E-state index in [9.17, 15) is 14.7 Å². The van der Waals surface area contributed by atoms with Crippen molar-refractivity contribution in [2.45, 2.75) is 46.1 Å². The van der Waals surface area contributed by atoms with Crippen molar-refractivity contribution in [3.63, 3.8) is 0 Å². The highest BCUT2D eigenvalue weighted by Crippen LogP contribution is 2.40. The summed E-state index contributed by atoms with van der Waals surface area (Å²) in [6.45, 7) is 8.56. The van der Waals surface area contributed by atoms with Crippen molar-refractivity contribution in [3.8, 4) is 0 Å². The fourth-order valence-corrected chi connectivity index (χ4v) is 4.24. The van der Waals surface area contributed by atoms with Gasteiger partial charge in [-0.05, 0) is 63.6 Å². The molecule has 0 saturated carbocycles. The zero-order valence-electron chi connectivity index (χ0n) is 17.1. The minimum Gasteiger partial charge on any atom is -0.481 e. The summed E-state index contributed by atoms with van der Waals surface area (Å²) in [5.74, 6) is -0.830. The van der Waals surface area contributed by atoms with Gasteiger partial charge in [0.15, 0.2) is 0 Å². The lowest BCUT2D eigenvalue weighted by Gasteiger charge is -2.39. The molecule has 2 heterocycles. The lowest BCUT2D eigenvalue weighted by Crippen LogP contribution is -2.44. The Bertz CT molecular complexity index is 682. The summed E-state index contributed by atoms with van der Waals surface area (Å²) in [4.78, 5) is 28.1. The number of amides is 2. The maximum atomic E-state index is 12.5. The molecule has 0 atom stereocenters. The zero-order valence-corrected chi connectivity index (χ0v) is 17.1. The molecule has 2 N–H and O–H groups in total. The average molecular weight is 388 g/mol. The van der Waals surface area contributed by atoms with Gasteiger partial charge in [0.1, 0.15) is 0 Å².